The zero-order valence-corrected chi connectivity index (χ0v) is 25.0. The maximum Gasteiger partial charge on any atom is 1.00 e. The summed E-state index contributed by atoms with van der Waals surface area (Å²) < 4.78 is 33.1. The van der Waals surface area contributed by atoms with Crippen molar-refractivity contribution in [1.29, 1.82) is 0 Å². The Morgan fingerprint density at radius 3 is 2.39 bits per heavy atom. The first kappa shape index (κ1) is 32.2. The fraction of sp³-hybridized carbons (Fsp3) is 0.591. The predicted octanol–water partition coefficient (Wildman–Crippen LogP) is -2.68. The largest absolute Gasteiger partial charge is 1.00 e. The van der Waals surface area contributed by atoms with E-state index in [0.717, 1.165) is 54.8 Å². The van der Waals surface area contributed by atoms with Gasteiger partial charge in [-0.15, -0.1) is 11.3 Å². The first-order chi connectivity index (χ1) is 17.5. The Kier molecular flexibility index (Phi) is 12.2. The number of urea groups is 1. The van der Waals surface area contributed by atoms with E-state index in [1.165, 1.54) is 4.90 Å². The summed E-state index contributed by atoms with van der Waals surface area (Å²) >= 11 is 1.13. The Labute approximate surface area is 247 Å². The molecule has 2 saturated heterocycles. The normalized spacial score (nSPS) is 18.5. The second-order valence-electron chi connectivity index (χ2n) is 8.80. The first-order valence-electron chi connectivity index (χ1n) is 12.1. The van der Waals surface area contributed by atoms with Crippen LogP contribution in [0.4, 0.5) is 4.79 Å². The summed E-state index contributed by atoms with van der Waals surface area (Å²) in [6.07, 6.45) is 6.19. The number of amides is 6. The molecule has 2 fully saturated rings. The molecule has 1 aromatic heterocycles. The van der Waals surface area contributed by atoms with Crippen molar-refractivity contribution in [2.24, 2.45) is 0 Å². The molecule has 2 atom stereocenters. The molecule has 0 aliphatic carbocycles. The van der Waals surface area contributed by atoms with E-state index in [1.807, 2.05) is 0 Å². The summed E-state index contributed by atoms with van der Waals surface area (Å²) in [6.45, 7) is 2.18. The van der Waals surface area contributed by atoms with Crippen LogP contribution in [0.25, 0.3) is 0 Å². The number of thiophene rings is 1. The van der Waals surface area contributed by atoms with E-state index in [2.05, 4.69) is 17.6 Å². The summed E-state index contributed by atoms with van der Waals surface area (Å²) in [6, 6.07) is -0.332. The molecule has 2 aliphatic heterocycles. The topological polar surface area (TPSA) is 176 Å². The molecule has 0 bridgehead atoms. The number of unbranched alkanes of at least 4 members (excludes halogenated alkanes) is 5. The van der Waals surface area contributed by atoms with Crippen molar-refractivity contribution in [3.8, 4) is 0 Å². The molecule has 0 aromatic carbocycles. The van der Waals surface area contributed by atoms with Crippen molar-refractivity contribution in [2.45, 2.75) is 57.5 Å². The molecule has 0 saturated carbocycles. The van der Waals surface area contributed by atoms with Crippen LogP contribution in [-0.4, -0.2) is 89.0 Å². The number of nitrogens with zero attached hydrogens (tertiary/aromatic N) is 3. The fourth-order valence-electron chi connectivity index (χ4n) is 4.05. The summed E-state index contributed by atoms with van der Waals surface area (Å²) in [5.74, 6) is -3.70. The van der Waals surface area contributed by atoms with Gasteiger partial charge in [0.2, 0.25) is 5.91 Å². The van der Waals surface area contributed by atoms with Gasteiger partial charge in [-0.2, -0.15) is 0 Å². The molecule has 13 nitrogen and oxygen atoms in total. The van der Waals surface area contributed by atoms with Crippen molar-refractivity contribution in [2.75, 3.05) is 26.2 Å². The van der Waals surface area contributed by atoms with Crippen LogP contribution in [0.2, 0.25) is 0 Å². The zero-order chi connectivity index (χ0) is 27.2. The number of rotatable bonds is 12. The van der Waals surface area contributed by atoms with Gasteiger partial charge in [-0.1, -0.05) is 45.1 Å². The summed E-state index contributed by atoms with van der Waals surface area (Å²) in [4.78, 5) is 65.4. The van der Waals surface area contributed by atoms with Crippen molar-refractivity contribution in [3.63, 3.8) is 0 Å². The van der Waals surface area contributed by atoms with Gasteiger partial charge in [-0.3, -0.25) is 24.1 Å². The molecule has 6 amide bonds. The van der Waals surface area contributed by atoms with Gasteiger partial charge in [0, 0.05) is 24.5 Å². The Balaban J connectivity index is 0.00000507. The number of β-lactam (4-membered cyclic amide) rings is 1. The van der Waals surface area contributed by atoms with Crippen LogP contribution < -0.4 is 40.2 Å². The van der Waals surface area contributed by atoms with Crippen LogP contribution in [0.5, 0.6) is 0 Å². The molecule has 2 unspecified atom stereocenters. The van der Waals surface area contributed by atoms with E-state index in [0.29, 0.717) is 11.4 Å². The quantitative estimate of drug-likeness (QED) is 0.0885. The molecule has 2 N–H and O–H groups in total. The van der Waals surface area contributed by atoms with E-state index in [9.17, 15) is 36.9 Å². The van der Waals surface area contributed by atoms with E-state index < -0.39 is 58.6 Å². The van der Waals surface area contributed by atoms with Crippen LogP contribution in [0, 0.1) is 0 Å². The van der Waals surface area contributed by atoms with E-state index in [1.54, 1.807) is 17.5 Å². The van der Waals surface area contributed by atoms with Crippen LogP contribution >= 0.6 is 11.3 Å². The standard InChI is InChI=1S/C22H31N5O8S2.Na/c1-2-3-4-5-6-7-10-25-11-12-26(21(31)20(25)30)22(32)24-17(16-9-8-13-36-16)18(28)23-15-14-27(19(15)29)37(33,34)35;/h8-9,13,15,17H,2-7,10-12,14H2,1H3,(H,23,28)(H,24,32)(H,33,34,35);/q;+1/p-1. The number of nitrogens with one attached hydrogen (secondary N) is 2. The van der Waals surface area contributed by atoms with Gasteiger partial charge in [0.05, 0.1) is 6.54 Å². The predicted molar refractivity (Wildman–Crippen MR) is 131 cm³/mol. The molecule has 3 rings (SSSR count). The van der Waals surface area contributed by atoms with Crippen molar-refractivity contribution < 1.29 is 66.5 Å². The summed E-state index contributed by atoms with van der Waals surface area (Å²) in [5.41, 5.74) is 0. The Bertz CT molecular complexity index is 1130. The SMILES string of the molecule is CCCCCCCCN1CCN(C(=O)NC(C(=O)NC2CN(S(=O)(=O)[O-])C2=O)c2cccs2)C(=O)C1=O.[Na+]. The van der Waals surface area contributed by atoms with Crippen LogP contribution in [0.15, 0.2) is 17.5 Å². The average Bonchev–Trinajstić information content (AvgIpc) is 3.38. The van der Waals surface area contributed by atoms with Crippen molar-refractivity contribution in [3.05, 3.63) is 22.4 Å². The van der Waals surface area contributed by atoms with Gasteiger partial charge in [0.1, 0.15) is 12.1 Å². The zero-order valence-electron chi connectivity index (χ0n) is 21.4. The van der Waals surface area contributed by atoms with Crippen LogP contribution in [-0.2, 0) is 29.5 Å². The van der Waals surface area contributed by atoms with Gasteiger partial charge in [0.25, 0.3) is 5.91 Å². The second kappa shape index (κ2) is 14.4. The van der Waals surface area contributed by atoms with Gasteiger partial charge < -0.3 is 20.1 Å². The number of hydrogen-bond donors (Lipinski definition) is 2. The minimum Gasteiger partial charge on any atom is -0.731 e. The van der Waals surface area contributed by atoms with E-state index in [-0.39, 0.29) is 47.0 Å². The van der Waals surface area contributed by atoms with Gasteiger partial charge in [-0.25, -0.2) is 17.5 Å². The molecule has 0 radical (unpaired) electrons. The number of carbonyl (C=O) groups excluding carboxylic acids is 5. The molecule has 2 aliphatic rings. The number of piperazine rings is 1. The molecular formula is C22H30N5NaO8S2. The number of hydrogen-bond acceptors (Lipinski definition) is 9. The molecule has 0 spiro atoms. The fourth-order valence-corrected chi connectivity index (χ4v) is 5.50. The number of carbonyl (C=O) groups is 5. The van der Waals surface area contributed by atoms with Crippen LogP contribution in [0.1, 0.15) is 56.4 Å². The Morgan fingerprint density at radius 1 is 1.11 bits per heavy atom. The monoisotopic (exact) mass is 579 g/mol. The number of imide groups is 1. The van der Waals surface area contributed by atoms with E-state index in [4.69, 9.17) is 0 Å². The minimum absolute atomic E-state index is 0. The van der Waals surface area contributed by atoms with Gasteiger partial charge in [-0.05, 0) is 17.9 Å². The van der Waals surface area contributed by atoms with Gasteiger partial charge in [0.15, 0.2) is 10.3 Å². The smallest absolute Gasteiger partial charge is 0.731 e. The molecular weight excluding hydrogens is 549 g/mol. The Hall–Kier alpha value is -2.04. The summed E-state index contributed by atoms with van der Waals surface area (Å²) in [7, 11) is -4.97. The third-order valence-corrected chi connectivity index (χ3v) is 7.98. The van der Waals surface area contributed by atoms with Gasteiger partial charge >= 0.3 is 47.4 Å². The molecule has 1 aromatic rings. The Morgan fingerprint density at radius 2 is 1.79 bits per heavy atom. The molecule has 38 heavy (non-hydrogen) atoms. The van der Waals surface area contributed by atoms with Crippen molar-refractivity contribution in [1.82, 2.24) is 24.7 Å². The van der Waals surface area contributed by atoms with E-state index >= 15 is 0 Å². The molecule has 204 valence electrons. The average molecular weight is 580 g/mol. The van der Waals surface area contributed by atoms with Crippen LogP contribution in [0.3, 0.4) is 0 Å². The molecule has 3 heterocycles. The third kappa shape index (κ3) is 7.99. The molecule has 16 heteroatoms. The maximum atomic E-state index is 12.9. The minimum atomic E-state index is -4.97. The summed E-state index contributed by atoms with van der Waals surface area (Å²) in [5, 5.41) is 6.39. The first-order valence-corrected chi connectivity index (χ1v) is 14.3. The third-order valence-electron chi connectivity index (χ3n) is 6.17. The second-order valence-corrected chi connectivity index (χ2v) is 11.1. The van der Waals surface area contributed by atoms with Crippen molar-refractivity contribution >= 4 is 51.3 Å². The maximum absolute atomic E-state index is 12.9.